The first-order valence-electron chi connectivity index (χ1n) is 32.5. The van der Waals surface area contributed by atoms with Gasteiger partial charge in [-0.25, -0.2) is 28.4 Å². The maximum Gasteiger partial charge on any atom is 0.475 e. The number of hydrogen-bond donors (Lipinski definition) is 4. The van der Waals surface area contributed by atoms with Gasteiger partial charge in [-0.1, -0.05) is 54.6 Å². The van der Waals surface area contributed by atoms with E-state index in [-0.39, 0.29) is 92.3 Å². The zero-order chi connectivity index (χ0) is 72.9. The van der Waals surface area contributed by atoms with Crippen LogP contribution < -0.4 is 43.4 Å². The largest absolute Gasteiger partial charge is 0.497 e. The van der Waals surface area contributed by atoms with Crippen molar-refractivity contribution in [2.75, 3.05) is 65.3 Å². The number of anilines is 2. The number of aromatic nitrogens is 8. The molecule has 0 aliphatic carbocycles. The van der Waals surface area contributed by atoms with Crippen molar-refractivity contribution in [3.63, 3.8) is 0 Å². The molecule has 12 atom stereocenters. The molecule has 3 aliphatic rings. The second-order valence-corrected chi connectivity index (χ2v) is 28.8. The molecule has 102 heavy (non-hydrogen) atoms. The second kappa shape index (κ2) is 34.3. The van der Waals surface area contributed by atoms with Crippen LogP contribution in [0.25, 0.3) is 11.2 Å². The van der Waals surface area contributed by atoms with Gasteiger partial charge < -0.3 is 48.9 Å². The Labute approximate surface area is 586 Å². The number of ether oxygens (including phenoxy) is 6. The summed E-state index contributed by atoms with van der Waals surface area (Å²) in [6, 6.07) is 30.9. The minimum atomic E-state index is -5.07. The Kier molecular flexibility index (Phi) is 25.6. The van der Waals surface area contributed by atoms with Crippen molar-refractivity contribution in [1.29, 1.82) is 15.8 Å². The molecule has 3 saturated heterocycles. The van der Waals surface area contributed by atoms with Gasteiger partial charge >= 0.3 is 27.0 Å². The molecule has 0 radical (unpaired) electrons. The van der Waals surface area contributed by atoms with Crippen LogP contribution in [0.15, 0.2) is 123 Å². The minimum Gasteiger partial charge on any atom is -0.497 e. The number of nitrogens with one attached hydrogen (secondary N) is 2. The molecular weight excluding hydrogens is 1390 g/mol. The number of benzene rings is 3. The lowest BCUT2D eigenvalue weighted by Gasteiger charge is -2.37. The van der Waals surface area contributed by atoms with Gasteiger partial charge in [-0.3, -0.25) is 60.4 Å². The minimum absolute atomic E-state index is 0.00677. The lowest BCUT2D eigenvalue weighted by molar-refractivity contribution is -0.0949. The molecule has 3 aliphatic heterocycles. The lowest BCUT2D eigenvalue weighted by Crippen LogP contribution is -2.38. The monoisotopic (exact) mass is 1470 g/mol. The maximum atomic E-state index is 15.8. The topological polar surface area (TPSA) is 443 Å². The zero-order valence-electron chi connectivity index (χ0n) is 56.8. The van der Waals surface area contributed by atoms with Crippen LogP contribution in [0.2, 0.25) is 0 Å². The van der Waals surface area contributed by atoms with Crippen LogP contribution in [0, 0.1) is 40.9 Å². The molecule has 544 valence electrons. The van der Waals surface area contributed by atoms with E-state index in [1.807, 2.05) is 99.1 Å². The average molecular weight is 1470 g/mol. The first-order chi connectivity index (χ1) is 49.0. The molecule has 37 heteroatoms. The highest BCUT2D eigenvalue weighted by atomic mass is 31.2. The highest BCUT2D eigenvalue weighted by molar-refractivity contribution is 7.48. The van der Waals surface area contributed by atoms with Crippen LogP contribution in [0.4, 0.5) is 11.8 Å². The normalized spacial score (nSPS) is 22.1. The smallest absolute Gasteiger partial charge is 0.475 e. The number of methoxy groups -OCH3 is 2. The summed E-state index contributed by atoms with van der Waals surface area (Å²) in [5, 5.41) is 29.0. The van der Waals surface area contributed by atoms with Crippen LogP contribution in [-0.4, -0.2) is 146 Å². The number of fused-ring (bicyclic) bond motifs is 1. The molecule has 10 rings (SSSR count). The summed E-state index contributed by atoms with van der Waals surface area (Å²) < 4.78 is 125. The number of phosphoric ester groups is 2. The first kappa shape index (κ1) is 76.3. The number of H-pyrrole nitrogens is 2. The van der Waals surface area contributed by atoms with Crippen LogP contribution in [0.1, 0.15) is 107 Å². The number of hydrogen-bond acceptors (Lipinski definition) is 29. The Morgan fingerprint density at radius 1 is 0.647 bits per heavy atom. The number of nitrogens with two attached hydrogens (primary N) is 2. The van der Waals surface area contributed by atoms with Crippen LogP contribution in [-0.2, 0) is 69.9 Å². The quantitative estimate of drug-likeness (QED) is 0.0167. The number of imidazole rings is 1. The van der Waals surface area contributed by atoms with Crippen LogP contribution in [0.3, 0.4) is 0 Å². The summed E-state index contributed by atoms with van der Waals surface area (Å²) in [6.45, 7) is 6.39. The molecule has 7 aromatic rings. The Morgan fingerprint density at radius 2 is 1.16 bits per heavy atom. The third-order valence-corrected chi connectivity index (χ3v) is 21.8. The van der Waals surface area contributed by atoms with E-state index < -0.39 is 134 Å². The molecule has 3 fully saturated rings. The average Bonchev–Trinajstić information content (AvgIpc) is 0.913. The Hall–Kier alpha value is -8.39. The zero-order valence-corrected chi connectivity index (χ0v) is 59.5. The fraction of sp³-hybridized carbons (Fsp3) is 0.477. The summed E-state index contributed by atoms with van der Waals surface area (Å²) >= 11 is 0. The Balaban J connectivity index is 0.987. The molecule has 34 nitrogen and oxygen atoms in total. The number of aromatic amines is 2. The van der Waals surface area contributed by atoms with Gasteiger partial charge in [0, 0.05) is 49.3 Å². The standard InChI is InChI=1S/C65H79N14O20P3/c1-40(2)79(41(3)4)100(89-29-11-25-66)97-48-32-56(77-35-42(5)60(80)75-64(77)83)95-52(48)37-92-101(84,90-30-12-26-67)99-50-33-55(76-28-24-54(69)72-63(76)82)96-53(50)38-93-102(85,91-31-13-27-68)98-49-34-57(78-39-71-58-59(78)73-62(70)74-61(58)81)94-51(49)36-88-65(43-14-9-8-10-15-43,44-16-20-46(86-6)21-17-44)45-18-22-47(87-7)23-19-45/h8-10,14-24,28,35,39-41,48-53,55-57H,11-13,29-34,36-38H2,1-7H3,(H2,69,72,82)(H,75,80,83)(H3,70,73,74,81)/t48-,49-,50-,51+,52+,53+,55+,56+,57+,100?,101?,102?/m0/s1. The third-order valence-electron chi connectivity index (χ3n) is 16.7. The van der Waals surface area contributed by atoms with Gasteiger partial charge in [0.2, 0.25) is 5.95 Å². The molecule has 4 aromatic heterocycles. The Bertz CT molecular complexity index is 4430. The molecule has 0 spiro atoms. The highest BCUT2D eigenvalue weighted by Gasteiger charge is 2.50. The van der Waals surface area contributed by atoms with E-state index in [0.717, 1.165) is 4.57 Å². The van der Waals surface area contributed by atoms with E-state index >= 15 is 9.13 Å². The number of nitrogen functional groups attached to an aromatic ring is 2. The van der Waals surface area contributed by atoms with Gasteiger partial charge in [-0.15, -0.1) is 0 Å². The van der Waals surface area contributed by atoms with Crippen molar-refractivity contribution in [1.82, 2.24) is 43.3 Å². The summed E-state index contributed by atoms with van der Waals surface area (Å²) in [7, 11) is -8.99. The van der Waals surface area contributed by atoms with Gasteiger partial charge in [-0.05, 0) is 81.6 Å². The summed E-state index contributed by atoms with van der Waals surface area (Å²) in [5.41, 5.74) is 9.71. The second-order valence-electron chi connectivity index (χ2n) is 24.2. The molecule has 3 aromatic carbocycles. The summed E-state index contributed by atoms with van der Waals surface area (Å²) in [6.07, 6.45) is -8.54. The van der Waals surface area contributed by atoms with E-state index in [4.69, 9.17) is 76.1 Å². The van der Waals surface area contributed by atoms with Crippen LogP contribution >= 0.6 is 24.2 Å². The highest BCUT2D eigenvalue weighted by Crippen LogP contribution is 2.58. The molecule has 0 saturated carbocycles. The van der Waals surface area contributed by atoms with Crippen LogP contribution in [0.5, 0.6) is 11.5 Å². The van der Waals surface area contributed by atoms with Gasteiger partial charge in [0.15, 0.2) is 11.2 Å². The maximum absolute atomic E-state index is 15.8. The van der Waals surface area contributed by atoms with Crippen molar-refractivity contribution in [3.05, 3.63) is 168 Å². The number of aryl methyl sites for hydroxylation is 1. The molecule has 7 heterocycles. The van der Waals surface area contributed by atoms with Gasteiger partial charge in [-0.2, -0.15) is 25.8 Å². The molecule has 3 unspecified atom stereocenters. The lowest BCUT2D eigenvalue weighted by atomic mass is 9.80. The van der Waals surface area contributed by atoms with E-state index in [1.165, 1.54) is 40.8 Å². The number of rotatable bonds is 35. The number of phosphoric acid groups is 2. The number of nitriles is 3. The van der Waals surface area contributed by atoms with E-state index in [1.54, 1.807) is 38.5 Å². The summed E-state index contributed by atoms with van der Waals surface area (Å²) in [4.78, 5) is 69.9. The van der Waals surface area contributed by atoms with Crippen molar-refractivity contribution >= 4 is 47.1 Å². The molecule has 0 amide bonds. The SMILES string of the molecule is COc1ccc(C(OC[C@H]2O[C@@H](n3cnc4c(=O)[nH]c(N)nc43)C[C@@H]2OP(=O)(OCCC#N)OC[C@H]2O[C@@H](n3ccc(N)nc3=O)C[C@@H]2OP(=O)(OCCC#N)OC[C@H]2O[C@@H](n3cc(C)c(=O)[nH]c3=O)C[C@@H]2OP(OCCC#N)N(C(C)C)C(C)C)(c2ccccc2)c2ccc(OC)cc2)cc1. The predicted octanol–water partition coefficient (Wildman–Crippen LogP) is 7.83. The fourth-order valence-electron chi connectivity index (χ4n) is 12.0. The van der Waals surface area contributed by atoms with Crippen molar-refractivity contribution in [3.8, 4) is 29.7 Å². The van der Waals surface area contributed by atoms with Gasteiger partial charge in [0.1, 0.15) is 72.1 Å². The van der Waals surface area contributed by atoms with Crippen molar-refractivity contribution < 1.29 is 73.7 Å². The third kappa shape index (κ3) is 18.0. The van der Waals surface area contributed by atoms with E-state index in [0.29, 0.717) is 28.2 Å². The van der Waals surface area contributed by atoms with Crippen molar-refractivity contribution in [2.24, 2.45) is 0 Å². The number of nitrogens with zero attached hydrogens (tertiary/aromatic N) is 10. The fourth-order valence-corrected chi connectivity index (χ4v) is 16.5. The predicted molar refractivity (Wildman–Crippen MR) is 365 cm³/mol. The first-order valence-corrected chi connectivity index (χ1v) is 36.5. The van der Waals surface area contributed by atoms with E-state index in [9.17, 15) is 35.0 Å². The van der Waals surface area contributed by atoms with Gasteiger partial charge in [0.05, 0.1) is 104 Å². The molecule has 0 bridgehead atoms. The molecule has 6 N–H and O–H groups in total. The summed E-state index contributed by atoms with van der Waals surface area (Å²) in [5.74, 6) is 0.783. The van der Waals surface area contributed by atoms with E-state index in [2.05, 4.69) is 31.0 Å². The Morgan fingerprint density at radius 3 is 1.70 bits per heavy atom. The van der Waals surface area contributed by atoms with Gasteiger partial charge in [0.25, 0.3) is 19.6 Å². The van der Waals surface area contributed by atoms with Crippen molar-refractivity contribution in [2.45, 2.75) is 146 Å². The molecular formula is C65H79N14O20P3.